The molecular weight excluding hydrogens is 270 g/mol. The topological polar surface area (TPSA) is 29.0 Å². The molecule has 0 aliphatic carbocycles. The maximum Gasteiger partial charge on any atom is 0.0480 e. The fraction of sp³-hybridized carbons (Fsp3) is 0.579. The predicted octanol–water partition coefficient (Wildman–Crippen LogP) is 2.87. The van der Waals surface area contributed by atoms with E-state index in [4.69, 9.17) is 0 Å². The number of fused-ring (bicyclic) bond motifs is 1. The second kappa shape index (κ2) is 7.30. The van der Waals surface area contributed by atoms with Crippen LogP contribution in [-0.4, -0.2) is 30.7 Å². The molecule has 2 aromatic rings. The lowest BCUT2D eigenvalue weighted by atomic mass is 9.98. The first kappa shape index (κ1) is 15.6. The highest BCUT2D eigenvalue weighted by Gasteiger charge is 2.12. The molecular formula is C19H29N3. The summed E-state index contributed by atoms with van der Waals surface area (Å²) in [7, 11) is 2.15. The molecule has 2 N–H and O–H groups in total. The summed E-state index contributed by atoms with van der Waals surface area (Å²) in [6.07, 6.45) is 7.17. The van der Waals surface area contributed by atoms with Gasteiger partial charge in [-0.3, -0.25) is 0 Å². The Hall–Kier alpha value is -1.32. The van der Waals surface area contributed by atoms with E-state index in [0.717, 1.165) is 25.3 Å². The van der Waals surface area contributed by atoms with Crippen LogP contribution in [0.5, 0.6) is 0 Å². The number of hydrogen-bond donors (Lipinski definition) is 2. The average molecular weight is 299 g/mol. The van der Waals surface area contributed by atoms with Gasteiger partial charge in [0.2, 0.25) is 0 Å². The van der Waals surface area contributed by atoms with Gasteiger partial charge in [-0.05, 0) is 81.0 Å². The summed E-state index contributed by atoms with van der Waals surface area (Å²) in [4.78, 5) is 0. The summed E-state index contributed by atoms with van der Waals surface area (Å²) in [5.41, 5.74) is 4.26. The van der Waals surface area contributed by atoms with Crippen LogP contribution in [0.25, 0.3) is 10.9 Å². The van der Waals surface area contributed by atoms with Gasteiger partial charge < -0.3 is 15.2 Å². The van der Waals surface area contributed by atoms with Crippen LogP contribution in [0.3, 0.4) is 0 Å². The number of nitrogens with one attached hydrogen (secondary N) is 2. The quantitative estimate of drug-likeness (QED) is 0.803. The highest BCUT2D eigenvalue weighted by atomic mass is 14.9. The Morgan fingerprint density at radius 1 is 1.27 bits per heavy atom. The number of rotatable bonds is 6. The van der Waals surface area contributed by atoms with Gasteiger partial charge in [-0.2, -0.15) is 0 Å². The van der Waals surface area contributed by atoms with Crippen LogP contribution in [0, 0.1) is 5.92 Å². The molecule has 22 heavy (non-hydrogen) atoms. The molecule has 3 nitrogen and oxygen atoms in total. The first-order valence-corrected chi connectivity index (χ1v) is 8.76. The Morgan fingerprint density at radius 2 is 2.09 bits per heavy atom. The third-order valence-electron chi connectivity index (χ3n) is 5.01. The lowest BCUT2D eigenvalue weighted by molar-refractivity contribution is 0.358. The summed E-state index contributed by atoms with van der Waals surface area (Å²) >= 11 is 0. The van der Waals surface area contributed by atoms with Gasteiger partial charge in [0.05, 0.1) is 0 Å². The molecule has 0 bridgehead atoms. The summed E-state index contributed by atoms with van der Waals surface area (Å²) in [6.45, 7) is 6.86. The van der Waals surface area contributed by atoms with E-state index in [0.29, 0.717) is 0 Å². The van der Waals surface area contributed by atoms with Crippen molar-refractivity contribution >= 4 is 10.9 Å². The first-order chi connectivity index (χ1) is 10.8. The summed E-state index contributed by atoms with van der Waals surface area (Å²) in [5.74, 6) is 0.862. The minimum Gasteiger partial charge on any atom is -0.350 e. The SMILES string of the molecule is CCc1ccc2c(c1)c(CCNCC1CCNCC1)cn2C. The van der Waals surface area contributed by atoms with E-state index in [1.165, 1.54) is 54.5 Å². The Labute approximate surface area is 134 Å². The smallest absolute Gasteiger partial charge is 0.0480 e. The van der Waals surface area contributed by atoms with Crippen molar-refractivity contribution in [2.45, 2.75) is 32.6 Å². The molecule has 1 saturated heterocycles. The minimum atomic E-state index is 0.862. The van der Waals surface area contributed by atoms with Gasteiger partial charge in [-0.25, -0.2) is 0 Å². The zero-order valence-corrected chi connectivity index (χ0v) is 14.0. The lowest BCUT2D eigenvalue weighted by Crippen LogP contribution is -2.34. The molecule has 3 rings (SSSR count). The van der Waals surface area contributed by atoms with Crippen molar-refractivity contribution in [1.82, 2.24) is 15.2 Å². The molecule has 1 aliphatic heterocycles. The van der Waals surface area contributed by atoms with Crippen LogP contribution in [0.15, 0.2) is 24.4 Å². The van der Waals surface area contributed by atoms with Crippen molar-refractivity contribution < 1.29 is 0 Å². The normalized spacial score (nSPS) is 16.5. The molecule has 0 amide bonds. The Kier molecular flexibility index (Phi) is 5.16. The van der Waals surface area contributed by atoms with Gasteiger partial charge in [0.25, 0.3) is 0 Å². The highest BCUT2D eigenvalue weighted by molar-refractivity contribution is 5.84. The van der Waals surface area contributed by atoms with Crippen molar-refractivity contribution in [3.05, 3.63) is 35.5 Å². The van der Waals surface area contributed by atoms with E-state index in [2.05, 4.69) is 53.6 Å². The molecule has 1 fully saturated rings. The average Bonchev–Trinajstić information content (AvgIpc) is 2.88. The summed E-state index contributed by atoms with van der Waals surface area (Å²) in [6, 6.07) is 6.89. The van der Waals surface area contributed by atoms with Crippen LogP contribution >= 0.6 is 0 Å². The Balaban J connectivity index is 1.58. The second-order valence-electron chi connectivity index (χ2n) is 6.62. The molecule has 0 atom stereocenters. The monoisotopic (exact) mass is 299 g/mol. The molecule has 3 heteroatoms. The van der Waals surface area contributed by atoms with Gasteiger partial charge in [-0.1, -0.05) is 13.0 Å². The van der Waals surface area contributed by atoms with Gasteiger partial charge in [0.15, 0.2) is 0 Å². The first-order valence-electron chi connectivity index (χ1n) is 8.76. The minimum absolute atomic E-state index is 0.862. The zero-order chi connectivity index (χ0) is 15.4. The van der Waals surface area contributed by atoms with Gasteiger partial charge in [0, 0.05) is 24.1 Å². The van der Waals surface area contributed by atoms with Crippen LogP contribution in [0.1, 0.15) is 30.9 Å². The third kappa shape index (κ3) is 3.53. The second-order valence-corrected chi connectivity index (χ2v) is 6.62. The van der Waals surface area contributed by atoms with Crippen molar-refractivity contribution in [2.75, 3.05) is 26.2 Å². The zero-order valence-electron chi connectivity index (χ0n) is 14.0. The molecule has 0 unspecified atom stereocenters. The van der Waals surface area contributed by atoms with E-state index in [9.17, 15) is 0 Å². The molecule has 1 aliphatic rings. The molecule has 0 saturated carbocycles. The fourth-order valence-corrected chi connectivity index (χ4v) is 3.56. The van der Waals surface area contributed by atoms with E-state index >= 15 is 0 Å². The van der Waals surface area contributed by atoms with E-state index in [1.54, 1.807) is 0 Å². The Morgan fingerprint density at radius 3 is 2.86 bits per heavy atom. The van der Waals surface area contributed by atoms with Gasteiger partial charge >= 0.3 is 0 Å². The van der Waals surface area contributed by atoms with Crippen LogP contribution < -0.4 is 10.6 Å². The van der Waals surface area contributed by atoms with E-state index < -0.39 is 0 Å². The van der Waals surface area contributed by atoms with Crippen molar-refractivity contribution in [1.29, 1.82) is 0 Å². The van der Waals surface area contributed by atoms with Crippen molar-refractivity contribution in [3.63, 3.8) is 0 Å². The van der Waals surface area contributed by atoms with E-state index in [-0.39, 0.29) is 0 Å². The molecule has 1 aromatic heterocycles. The maximum atomic E-state index is 3.67. The summed E-state index contributed by atoms with van der Waals surface area (Å²) in [5, 5.41) is 8.54. The van der Waals surface area contributed by atoms with Crippen molar-refractivity contribution in [2.24, 2.45) is 13.0 Å². The van der Waals surface area contributed by atoms with Crippen LogP contribution in [0.2, 0.25) is 0 Å². The van der Waals surface area contributed by atoms with Gasteiger partial charge in [-0.15, -0.1) is 0 Å². The Bertz CT molecular complexity index is 608. The number of hydrogen-bond acceptors (Lipinski definition) is 2. The number of nitrogens with zero attached hydrogens (tertiary/aromatic N) is 1. The van der Waals surface area contributed by atoms with E-state index in [1.807, 2.05) is 0 Å². The molecule has 2 heterocycles. The molecule has 0 spiro atoms. The molecule has 120 valence electrons. The number of aromatic nitrogens is 1. The number of benzene rings is 1. The molecule has 1 aromatic carbocycles. The van der Waals surface area contributed by atoms with Crippen LogP contribution in [-0.2, 0) is 19.9 Å². The largest absolute Gasteiger partial charge is 0.350 e. The lowest BCUT2D eigenvalue weighted by Gasteiger charge is -2.22. The highest BCUT2D eigenvalue weighted by Crippen LogP contribution is 2.22. The number of aryl methyl sites for hydroxylation is 2. The predicted molar refractivity (Wildman–Crippen MR) is 94.5 cm³/mol. The fourth-order valence-electron chi connectivity index (χ4n) is 3.56. The molecule has 0 radical (unpaired) electrons. The van der Waals surface area contributed by atoms with Crippen molar-refractivity contribution in [3.8, 4) is 0 Å². The maximum absolute atomic E-state index is 3.67. The van der Waals surface area contributed by atoms with Crippen LogP contribution in [0.4, 0.5) is 0 Å². The standard InChI is InChI=1S/C19H29N3/c1-3-15-4-5-19-18(12-15)17(14-22(19)2)8-11-21-13-16-6-9-20-10-7-16/h4-5,12,14,16,20-21H,3,6-11,13H2,1-2H3. The van der Waals surface area contributed by atoms with Gasteiger partial charge in [0.1, 0.15) is 0 Å². The summed E-state index contributed by atoms with van der Waals surface area (Å²) < 4.78 is 2.26. The third-order valence-corrected chi connectivity index (χ3v) is 5.01. The number of piperidine rings is 1.